The first-order valence-corrected chi connectivity index (χ1v) is 7.42. The summed E-state index contributed by atoms with van der Waals surface area (Å²) in [6.07, 6.45) is 3.91. The Kier molecular flexibility index (Phi) is 4.63. The number of anilines is 1. The van der Waals surface area contributed by atoms with Crippen LogP contribution in [0.15, 0.2) is 52.5 Å². The van der Waals surface area contributed by atoms with Crippen LogP contribution in [0.2, 0.25) is 0 Å². The average molecular weight is 270 g/mol. The van der Waals surface area contributed by atoms with Gasteiger partial charge in [0, 0.05) is 4.90 Å². The van der Waals surface area contributed by atoms with Gasteiger partial charge in [-0.1, -0.05) is 29.8 Å². The summed E-state index contributed by atoms with van der Waals surface area (Å²) < 4.78 is 0. The molecule has 1 N–H and O–H groups in total. The van der Waals surface area contributed by atoms with Gasteiger partial charge in [-0.2, -0.15) is 5.10 Å². The molecule has 0 bridgehead atoms. The number of hydrogen-bond donors (Lipinski definition) is 1. The van der Waals surface area contributed by atoms with Gasteiger partial charge >= 0.3 is 0 Å². The molecule has 3 heteroatoms. The van der Waals surface area contributed by atoms with E-state index in [1.54, 1.807) is 11.8 Å². The molecular formula is C16H18N2S. The fourth-order valence-electron chi connectivity index (χ4n) is 1.81. The van der Waals surface area contributed by atoms with Crippen molar-refractivity contribution in [1.29, 1.82) is 0 Å². The lowest BCUT2D eigenvalue weighted by atomic mass is 10.1. The van der Waals surface area contributed by atoms with E-state index in [1.165, 1.54) is 16.0 Å². The standard InChI is InChI=1S/C16H18N2S/c1-12-4-9-16(13(2)10-12)18-17-11-14-5-7-15(19-3)8-6-14/h4-11,18H,1-3H3/b17-11-. The van der Waals surface area contributed by atoms with E-state index in [0.29, 0.717) is 0 Å². The molecule has 98 valence electrons. The molecule has 0 saturated carbocycles. The van der Waals surface area contributed by atoms with E-state index >= 15 is 0 Å². The number of nitrogens with zero attached hydrogens (tertiary/aromatic N) is 1. The third-order valence-corrected chi connectivity index (χ3v) is 3.64. The van der Waals surface area contributed by atoms with E-state index < -0.39 is 0 Å². The molecule has 19 heavy (non-hydrogen) atoms. The van der Waals surface area contributed by atoms with E-state index in [4.69, 9.17) is 0 Å². The summed E-state index contributed by atoms with van der Waals surface area (Å²) >= 11 is 1.74. The maximum atomic E-state index is 4.28. The van der Waals surface area contributed by atoms with Crippen molar-refractivity contribution in [3.63, 3.8) is 0 Å². The van der Waals surface area contributed by atoms with Crippen molar-refractivity contribution in [2.75, 3.05) is 11.7 Å². The highest BCUT2D eigenvalue weighted by Crippen LogP contribution is 2.16. The molecule has 0 aliphatic carbocycles. The predicted octanol–water partition coefficient (Wildman–Crippen LogP) is 4.47. The van der Waals surface area contributed by atoms with Crippen LogP contribution in [0.25, 0.3) is 0 Å². The van der Waals surface area contributed by atoms with E-state index in [1.807, 2.05) is 6.21 Å². The molecule has 0 amide bonds. The van der Waals surface area contributed by atoms with Gasteiger partial charge in [0.15, 0.2) is 0 Å². The SMILES string of the molecule is CSc1ccc(/C=N\Nc2ccc(C)cc2C)cc1. The van der Waals surface area contributed by atoms with Crippen molar-refractivity contribution in [3.05, 3.63) is 59.2 Å². The number of thioether (sulfide) groups is 1. The fourth-order valence-corrected chi connectivity index (χ4v) is 2.21. The molecule has 0 heterocycles. The summed E-state index contributed by atoms with van der Waals surface area (Å²) in [7, 11) is 0. The number of rotatable bonds is 4. The Morgan fingerprint density at radius 1 is 1.05 bits per heavy atom. The number of hydrogen-bond acceptors (Lipinski definition) is 3. The monoisotopic (exact) mass is 270 g/mol. The van der Waals surface area contributed by atoms with Gasteiger partial charge in [0.1, 0.15) is 0 Å². The van der Waals surface area contributed by atoms with Gasteiger partial charge in [0.25, 0.3) is 0 Å². The van der Waals surface area contributed by atoms with Crippen LogP contribution < -0.4 is 5.43 Å². The topological polar surface area (TPSA) is 24.4 Å². The zero-order valence-electron chi connectivity index (χ0n) is 11.5. The largest absolute Gasteiger partial charge is 0.278 e. The van der Waals surface area contributed by atoms with Gasteiger partial charge in [0.05, 0.1) is 11.9 Å². The summed E-state index contributed by atoms with van der Waals surface area (Å²) in [6.45, 7) is 4.17. The minimum atomic E-state index is 1.04. The Bertz CT molecular complexity index is 574. The van der Waals surface area contributed by atoms with E-state index in [9.17, 15) is 0 Å². The summed E-state index contributed by atoms with van der Waals surface area (Å²) in [4.78, 5) is 1.26. The molecule has 0 unspecified atom stereocenters. The summed E-state index contributed by atoms with van der Waals surface area (Å²) in [5.41, 5.74) is 7.69. The first-order chi connectivity index (χ1) is 9.19. The van der Waals surface area contributed by atoms with Crippen molar-refractivity contribution < 1.29 is 0 Å². The van der Waals surface area contributed by atoms with Crippen LogP contribution in [-0.4, -0.2) is 12.5 Å². The second kappa shape index (κ2) is 6.43. The lowest BCUT2D eigenvalue weighted by Crippen LogP contribution is -1.93. The molecule has 0 radical (unpaired) electrons. The number of nitrogens with one attached hydrogen (secondary N) is 1. The van der Waals surface area contributed by atoms with Crippen LogP contribution >= 0.6 is 11.8 Å². The third-order valence-electron chi connectivity index (χ3n) is 2.90. The molecule has 0 saturated heterocycles. The van der Waals surface area contributed by atoms with E-state index in [0.717, 1.165) is 11.3 Å². The zero-order valence-corrected chi connectivity index (χ0v) is 12.3. The molecule has 0 aromatic heterocycles. The first-order valence-electron chi connectivity index (χ1n) is 6.19. The fraction of sp³-hybridized carbons (Fsp3) is 0.188. The Balaban J connectivity index is 2.02. The molecule has 2 aromatic carbocycles. The normalized spacial score (nSPS) is 10.9. The maximum Gasteiger partial charge on any atom is 0.0591 e. The van der Waals surface area contributed by atoms with Gasteiger partial charge in [-0.3, -0.25) is 5.43 Å². The summed E-state index contributed by atoms with van der Waals surface area (Å²) in [5.74, 6) is 0. The Morgan fingerprint density at radius 2 is 1.79 bits per heavy atom. The molecular weight excluding hydrogens is 252 g/mol. The lowest BCUT2D eigenvalue weighted by molar-refractivity contribution is 1.29. The Morgan fingerprint density at radius 3 is 2.42 bits per heavy atom. The molecule has 0 atom stereocenters. The quantitative estimate of drug-likeness (QED) is 0.503. The zero-order chi connectivity index (χ0) is 13.7. The van der Waals surface area contributed by atoms with Crippen LogP contribution in [0, 0.1) is 13.8 Å². The van der Waals surface area contributed by atoms with Gasteiger partial charge in [0.2, 0.25) is 0 Å². The van der Waals surface area contributed by atoms with Gasteiger partial charge < -0.3 is 0 Å². The van der Waals surface area contributed by atoms with Crippen molar-refractivity contribution in [2.24, 2.45) is 5.10 Å². The second-order valence-corrected chi connectivity index (χ2v) is 5.34. The van der Waals surface area contributed by atoms with Crippen molar-refractivity contribution in [2.45, 2.75) is 18.7 Å². The molecule has 2 rings (SSSR count). The van der Waals surface area contributed by atoms with Gasteiger partial charge in [-0.15, -0.1) is 11.8 Å². The van der Waals surface area contributed by atoms with Crippen LogP contribution in [0.5, 0.6) is 0 Å². The highest BCUT2D eigenvalue weighted by molar-refractivity contribution is 7.98. The third kappa shape index (κ3) is 3.86. The minimum Gasteiger partial charge on any atom is -0.278 e. The van der Waals surface area contributed by atoms with Crippen LogP contribution in [0.4, 0.5) is 5.69 Å². The molecule has 0 fully saturated rings. The smallest absolute Gasteiger partial charge is 0.0591 e. The van der Waals surface area contributed by atoms with Crippen LogP contribution in [0.1, 0.15) is 16.7 Å². The molecule has 0 spiro atoms. The molecule has 0 aliphatic rings. The average Bonchev–Trinajstić information content (AvgIpc) is 2.42. The highest BCUT2D eigenvalue weighted by Gasteiger charge is 1.96. The van der Waals surface area contributed by atoms with Gasteiger partial charge in [-0.25, -0.2) is 0 Å². The Labute approximate surface area is 118 Å². The van der Waals surface area contributed by atoms with E-state index in [-0.39, 0.29) is 0 Å². The maximum absolute atomic E-state index is 4.28. The van der Waals surface area contributed by atoms with Crippen molar-refractivity contribution >= 4 is 23.7 Å². The van der Waals surface area contributed by atoms with Crippen molar-refractivity contribution in [1.82, 2.24) is 0 Å². The number of hydrazone groups is 1. The predicted molar refractivity (Wildman–Crippen MR) is 85.4 cm³/mol. The Hall–Kier alpha value is -1.74. The molecule has 0 aliphatic heterocycles. The molecule has 2 nitrogen and oxygen atoms in total. The van der Waals surface area contributed by atoms with Gasteiger partial charge in [-0.05, 0) is 49.4 Å². The number of benzene rings is 2. The second-order valence-electron chi connectivity index (χ2n) is 4.46. The lowest BCUT2D eigenvalue weighted by Gasteiger charge is -2.05. The van der Waals surface area contributed by atoms with Crippen LogP contribution in [0.3, 0.4) is 0 Å². The summed E-state index contributed by atoms with van der Waals surface area (Å²) in [5, 5.41) is 4.28. The number of aryl methyl sites for hydroxylation is 2. The van der Waals surface area contributed by atoms with E-state index in [2.05, 4.69) is 73.1 Å². The van der Waals surface area contributed by atoms with Crippen LogP contribution in [-0.2, 0) is 0 Å². The summed E-state index contributed by atoms with van der Waals surface area (Å²) in [6, 6.07) is 14.6. The highest BCUT2D eigenvalue weighted by atomic mass is 32.2. The molecule has 2 aromatic rings. The minimum absolute atomic E-state index is 1.04. The first kappa shape index (κ1) is 13.7. The van der Waals surface area contributed by atoms with Crippen molar-refractivity contribution in [3.8, 4) is 0 Å².